The molecule has 0 bridgehead atoms. The number of carbonyl (C=O) groups is 1. The molecule has 198 valence electrons. The molecule has 0 spiro atoms. The molecule has 11 heteroatoms. The van der Waals surface area contributed by atoms with Gasteiger partial charge in [-0.05, 0) is 67.1 Å². The summed E-state index contributed by atoms with van der Waals surface area (Å²) in [6.45, 7) is 1.76. The lowest BCUT2D eigenvalue weighted by molar-refractivity contribution is 0.0932. The lowest BCUT2D eigenvalue weighted by Crippen LogP contribution is -2.26. The van der Waals surface area contributed by atoms with Gasteiger partial charge in [0.05, 0.1) is 23.7 Å². The number of fused-ring (bicyclic) bond motifs is 1. The molecular formula is C29H23N7O4. The lowest BCUT2D eigenvalue weighted by Gasteiger charge is -2.09. The van der Waals surface area contributed by atoms with Crippen LogP contribution in [-0.4, -0.2) is 48.2 Å². The summed E-state index contributed by atoms with van der Waals surface area (Å²) in [5.74, 6) is 1.27. The number of pyridine rings is 2. The number of methoxy groups -OCH3 is 1. The second kappa shape index (κ2) is 10.3. The highest BCUT2D eigenvalue weighted by molar-refractivity contribution is 5.98. The standard InChI is InChI=1S/C29H23N7O4/c1-16(28-35-26(36-40-28)22-7-3-4-12-30-22)32-27(38)18-8-10-21-23(15-18)34-25(33-21)20-14-17(9-11-24(20)37)19-6-5-13-31-29(19)39-2/h3-16,37H,1-2H3,(H,32,38)(H,33,34). The Morgan fingerprint density at radius 3 is 2.70 bits per heavy atom. The van der Waals surface area contributed by atoms with Crippen molar-refractivity contribution < 1.29 is 19.2 Å². The number of benzene rings is 2. The molecule has 4 heterocycles. The van der Waals surface area contributed by atoms with E-state index in [9.17, 15) is 9.90 Å². The van der Waals surface area contributed by atoms with Crippen molar-refractivity contribution in [3.63, 3.8) is 0 Å². The second-order valence-electron chi connectivity index (χ2n) is 8.98. The molecule has 1 atom stereocenters. The van der Waals surface area contributed by atoms with Crippen molar-refractivity contribution in [3.05, 3.63) is 90.6 Å². The van der Waals surface area contributed by atoms with E-state index in [1.165, 1.54) is 0 Å². The molecule has 0 saturated heterocycles. The molecule has 6 rings (SSSR count). The molecule has 4 aromatic heterocycles. The first kappa shape index (κ1) is 24.7. The minimum Gasteiger partial charge on any atom is -0.507 e. The van der Waals surface area contributed by atoms with Crippen molar-refractivity contribution in [2.24, 2.45) is 0 Å². The number of nitrogens with one attached hydrogen (secondary N) is 2. The normalized spacial score (nSPS) is 11.8. The molecule has 3 N–H and O–H groups in total. The number of phenolic OH excluding ortho intramolecular Hbond substituents is 1. The Labute approximate surface area is 227 Å². The van der Waals surface area contributed by atoms with Gasteiger partial charge in [-0.25, -0.2) is 9.97 Å². The lowest BCUT2D eigenvalue weighted by atomic mass is 10.0. The highest BCUT2D eigenvalue weighted by atomic mass is 16.5. The largest absolute Gasteiger partial charge is 0.507 e. The van der Waals surface area contributed by atoms with Crippen LogP contribution in [0.25, 0.3) is 45.1 Å². The fraction of sp³-hybridized carbons (Fsp3) is 0.103. The minimum absolute atomic E-state index is 0.0575. The van der Waals surface area contributed by atoms with Gasteiger partial charge in [-0.15, -0.1) is 0 Å². The van der Waals surface area contributed by atoms with Crippen LogP contribution in [0.4, 0.5) is 0 Å². The summed E-state index contributed by atoms with van der Waals surface area (Å²) >= 11 is 0. The monoisotopic (exact) mass is 533 g/mol. The predicted molar refractivity (Wildman–Crippen MR) is 146 cm³/mol. The number of hydrogen-bond donors (Lipinski definition) is 3. The number of imidazole rings is 1. The zero-order chi connectivity index (χ0) is 27.6. The van der Waals surface area contributed by atoms with E-state index in [-0.39, 0.29) is 17.5 Å². The third-order valence-corrected chi connectivity index (χ3v) is 6.33. The van der Waals surface area contributed by atoms with E-state index in [1.807, 2.05) is 24.3 Å². The third kappa shape index (κ3) is 4.71. The summed E-state index contributed by atoms with van der Waals surface area (Å²) in [7, 11) is 1.56. The van der Waals surface area contributed by atoms with E-state index < -0.39 is 6.04 Å². The van der Waals surface area contributed by atoms with Crippen molar-refractivity contribution in [3.8, 4) is 45.7 Å². The average Bonchev–Trinajstić information content (AvgIpc) is 3.65. The highest BCUT2D eigenvalue weighted by Gasteiger charge is 2.20. The van der Waals surface area contributed by atoms with Gasteiger partial charge < -0.3 is 24.7 Å². The van der Waals surface area contributed by atoms with Crippen molar-refractivity contribution in [1.82, 2.24) is 35.4 Å². The van der Waals surface area contributed by atoms with Crippen LogP contribution in [0, 0.1) is 0 Å². The number of nitrogens with zero attached hydrogens (tertiary/aromatic N) is 5. The van der Waals surface area contributed by atoms with Gasteiger partial charge in [-0.3, -0.25) is 9.78 Å². The summed E-state index contributed by atoms with van der Waals surface area (Å²) in [6.07, 6.45) is 3.29. The first-order chi connectivity index (χ1) is 19.5. The predicted octanol–water partition coefficient (Wildman–Crippen LogP) is 4.94. The Kier molecular flexibility index (Phi) is 6.37. The van der Waals surface area contributed by atoms with Crippen LogP contribution in [0.15, 0.2) is 83.6 Å². The molecule has 40 heavy (non-hydrogen) atoms. The number of phenols is 1. The van der Waals surface area contributed by atoms with Gasteiger partial charge in [0.2, 0.25) is 17.6 Å². The number of H-pyrrole nitrogens is 1. The zero-order valence-corrected chi connectivity index (χ0v) is 21.5. The summed E-state index contributed by atoms with van der Waals surface area (Å²) in [6, 6.07) is 18.9. The molecule has 1 amide bonds. The fourth-order valence-electron chi connectivity index (χ4n) is 4.30. The molecule has 0 radical (unpaired) electrons. The number of rotatable bonds is 7. The van der Waals surface area contributed by atoms with Gasteiger partial charge in [-0.2, -0.15) is 4.98 Å². The number of aromatic amines is 1. The van der Waals surface area contributed by atoms with Crippen LogP contribution in [0.5, 0.6) is 11.6 Å². The van der Waals surface area contributed by atoms with Crippen molar-refractivity contribution in [2.75, 3.05) is 7.11 Å². The van der Waals surface area contributed by atoms with Gasteiger partial charge in [0, 0.05) is 23.5 Å². The molecule has 0 aliphatic carbocycles. The number of aromatic hydroxyl groups is 1. The topological polar surface area (TPSA) is 152 Å². The molecule has 0 aliphatic rings. The van der Waals surface area contributed by atoms with Crippen LogP contribution < -0.4 is 10.1 Å². The molecule has 6 aromatic rings. The molecule has 0 aliphatic heterocycles. The van der Waals surface area contributed by atoms with E-state index >= 15 is 0 Å². The van der Waals surface area contributed by atoms with Crippen molar-refractivity contribution in [2.45, 2.75) is 13.0 Å². The first-order valence-corrected chi connectivity index (χ1v) is 12.4. The van der Waals surface area contributed by atoms with E-state index in [1.54, 1.807) is 68.9 Å². The average molecular weight is 534 g/mol. The Bertz CT molecular complexity index is 1830. The maximum absolute atomic E-state index is 13.0. The molecule has 0 fully saturated rings. The van der Waals surface area contributed by atoms with Crippen LogP contribution in [0.3, 0.4) is 0 Å². The number of carbonyl (C=O) groups excluding carboxylic acids is 1. The van der Waals surface area contributed by atoms with E-state index in [0.717, 1.165) is 11.1 Å². The summed E-state index contributed by atoms with van der Waals surface area (Å²) in [4.78, 5) is 33.7. The Morgan fingerprint density at radius 1 is 1.00 bits per heavy atom. The van der Waals surface area contributed by atoms with Crippen LogP contribution in [0.2, 0.25) is 0 Å². The minimum atomic E-state index is -0.533. The maximum Gasteiger partial charge on any atom is 0.251 e. The highest BCUT2D eigenvalue weighted by Crippen LogP contribution is 2.35. The quantitative estimate of drug-likeness (QED) is 0.259. The third-order valence-electron chi connectivity index (χ3n) is 6.33. The van der Waals surface area contributed by atoms with Gasteiger partial charge >= 0.3 is 0 Å². The summed E-state index contributed by atoms with van der Waals surface area (Å²) in [5.41, 5.74) is 4.35. The van der Waals surface area contributed by atoms with E-state index in [2.05, 4.69) is 35.4 Å². The summed E-state index contributed by atoms with van der Waals surface area (Å²) < 4.78 is 10.7. The molecule has 11 nitrogen and oxygen atoms in total. The van der Waals surface area contributed by atoms with Gasteiger partial charge in [0.25, 0.3) is 5.91 Å². The first-order valence-electron chi connectivity index (χ1n) is 12.4. The Hall–Kier alpha value is -5.58. The van der Waals surface area contributed by atoms with E-state index in [0.29, 0.717) is 45.4 Å². The van der Waals surface area contributed by atoms with Crippen LogP contribution in [-0.2, 0) is 0 Å². The zero-order valence-electron chi connectivity index (χ0n) is 21.5. The molecule has 2 aromatic carbocycles. The Morgan fingerprint density at radius 2 is 1.88 bits per heavy atom. The molecular weight excluding hydrogens is 510 g/mol. The SMILES string of the molecule is COc1ncccc1-c1ccc(O)c(-c2nc3ccc(C(=O)NC(C)c4nc(-c5ccccn5)no4)cc3[nH]2)c1. The van der Waals surface area contributed by atoms with E-state index in [4.69, 9.17) is 9.26 Å². The number of hydrogen-bond acceptors (Lipinski definition) is 9. The smallest absolute Gasteiger partial charge is 0.251 e. The fourth-order valence-corrected chi connectivity index (χ4v) is 4.30. The number of aromatic nitrogens is 6. The van der Waals surface area contributed by atoms with Gasteiger partial charge in [0.1, 0.15) is 23.3 Å². The van der Waals surface area contributed by atoms with Gasteiger partial charge in [0.15, 0.2) is 0 Å². The van der Waals surface area contributed by atoms with Crippen molar-refractivity contribution >= 4 is 16.9 Å². The van der Waals surface area contributed by atoms with Gasteiger partial charge in [-0.1, -0.05) is 17.3 Å². The summed E-state index contributed by atoms with van der Waals surface area (Å²) in [5, 5.41) is 17.5. The Balaban J connectivity index is 1.24. The molecule has 0 saturated carbocycles. The maximum atomic E-state index is 13.0. The number of ether oxygens (including phenoxy) is 1. The van der Waals surface area contributed by atoms with Crippen LogP contribution in [0.1, 0.15) is 29.2 Å². The second-order valence-corrected chi connectivity index (χ2v) is 8.98. The number of amides is 1. The van der Waals surface area contributed by atoms with Crippen molar-refractivity contribution in [1.29, 1.82) is 0 Å². The van der Waals surface area contributed by atoms with Crippen LogP contribution >= 0.6 is 0 Å². The molecule has 1 unspecified atom stereocenters.